The van der Waals surface area contributed by atoms with Crippen molar-refractivity contribution in [3.8, 4) is 17.9 Å². The fourth-order valence-corrected chi connectivity index (χ4v) is 2.99. The number of nitriles is 2. The minimum Gasteiger partial charge on any atom is -0.406 e. The Hall–Kier alpha value is -3.80. The summed E-state index contributed by atoms with van der Waals surface area (Å²) in [7, 11) is 0. The maximum Gasteiger partial charge on any atom is 0.573 e. The Morgan fingerprint density at radius 3 is 2.19 bits per heavy atom. The molecule has 9 nitrogen and oxygen atoms in total. The van der Waals surface area contributed by atoms with E-state index in [1.807, 2.05) is 12.1 Å². The van der Waals surface area contributed by atoms with E-state index in [1.54, 1.807) is 0 Å². The lowest BCUT2D eigenvalue weighted by molar-refractivity contribution is -0.274. The van der Waals surface area contributed by atoms with E-state index >= 15 is 0 Å². The molecule has 0 bridgehead atoms. The summed E-state index contributed by atoms with van der Waals surface area (Å²) < 4.78 is 40.7. The molecule has 31 heavy (non-hydrogen) atoms. The van der Waals surface area contributed by atoms with Crippen LogP contribution in [0.2, 0.25) is 0 Å². The lowest BCUT2D eigenvalue weighted by Crippen LogP contribution is -2.45. The summed E-state index contributed by atoms with van der Waals surface area (Å²) in [6.07, 6.45) is -4.84. The summed E-state index contributed by atoms with van der Waals surface area (Å²) in [4.78, 5) is 39.7. The van der Waals surface area contributed by atoms with Crippen LogP contribution in [0.5, 0.6) is 5.75 Å². The second kappa shape index (κ2) is 9.34. The number of carbonyl (C=O) groups is 3. The third kappa shape index (κ3) is 5.63. The molecule has 1 N–H and O–H groups in total. The molecule has 4 amide bonds. The predicted octanol–water partition coefficient (Wildman–Crippen LogP) is 2.01. The molecule has 1 aliphatic heterocycles. The lowest BCUT2D eigenvalue weighted by atomic mass is 9.92. The van der Waals surface area contributed by atoms with Gasteiger partial charge >= 0.3 is 12.4 Å². The third-order valence-corrected chi connectivity index (χ3v) is 4.57. The molecule has 0 aliphatic carbocycles. The monoisotopic (exact) mass is 437 g/mol. The zero-order chi connectivity index (χ0) is 23.2. The average molecular weight is 437 g/mol. The maximum atomic E-state index is 12.9. The van der Waals surface area contributed by atoms with Crippen molar-refractivity contribution in [1.82, 2.24) is 15.1 Å². The van der Waals surface area contributed by atoms with Crippen LogP contribution >= 0.6 is 0 Å². The Labute approximate surface area is 175 Å². The van der Waals surface area contributed by atoms with Crippen molar-refractivity contribution in [3.63, 3.8) is 0 Å². The number of hydrogen-bond acceptors (Lipinski definition) is 6. The van der Waals surface area contributed by atoms with E-state index in [1.165, 1.54) is 24.0 Å². The SMILES string of the molecule is CC1(c2ccc(OC(F)(F)F)cc2)NC(=O)N(CC(=O)N(CCC#N)CCC#N)C1=O. The summed E-state index contributed by atoms with van der Waals surface area (Å²) in [6.45, 7) is 0.837. The Balaban J connectivity index is 2.16. The summed E-state index contributed by atoms with van der Waals surface area (Å²) in [5, 5.41) is 19.9. The molecule has 1 aliphatic rings. The van der Waals surface area contributed by atoms with Gasteiger partial charge in [-0.1, -0.05) is 12.1 Å². The van der Waals surface area contributed by atoms with Gasteiger partial charge < -0.3 is 15.0 Å². The molecule has 0 saturated carbocycles. The highest BCUT2D eigenvalue weighted by Gasteiger charge is 2.49. The summed E-state index contributed by atoms with van der Waals surface area (Å²) in [5.74, 6) is -1.88. The van der Waals surface area contributed by atoms with Crippen molar-refractivity contribution in [3.05, 3.63) is 29.8 Å². The van der Waals surface area contributed by atoms with E-state index in [0.717, 1.165) is 12.1 Å². The third-order valence-electron chi connectivity index (χ3n) is 4.57. The van der Waals surface area contributed by atoms with Crippen molar-refractivity contribution in [2.75, 3.05) is 19.6 Å². The smallest absolute Gasteiger partial charge is 0.406 e. The van der Waals surface area contributed by atoms with Crippen LogP contribution in [0.4, 0.5) is 18.0 Å². The molecule has 164 valence electrons. The molecule has 1 heterocycles. The van der Waals surface area contributed by atoms with Crippen LogP contribution in [-0.4, -0.2) is 53.6 Å². The molecule has 1 aromatic carbocycles. The number of nitrogens with one attached hydrogen (secondary N) is 1. The van der Waals surface area contributed by atoms with Crippen LogP contribution in [0.1, 0.15) is 25.3 Å². The molecular formula is C19H18F3N5O4. The van der Waals surface area contributed by atoms with Gasteiger partial charge in [-0.3, -0.25) is 14.5 Å². The van der Waals surface area contributed by atoms with Crippen molar-refractivity contribution in [1.29, 1.82) is 10.5 Å². The molecule has 1 atom stereocenters. The number of nitrogens with zero attached hydrogens (tertiary/aromatic N) is 4. The number of imide groups is 1. The van der Waals surface area contributed by atoms with Crippen molar-refractivity contribution in [2.45, 2.75) is 31.7 Å². The lowest BCUT2D eigenvalue weighted by Gasteiger charge is -2.24. The van der Waals surface area contributed by atoms with Crippen LogP contribution in [0.15, 0.2) is 24.3 Å². The van der Waals surface area contributed by atoms with Gasteiger partial charge in [-0.05, 0) is 24.6 Å². The van der Waals surface area contributed by atoms with Gasteiger partial charge in [0.2, 0.25) is 5.91 Å². The Bertz CT molecular complexity index is 918. The van der Waals surface area contributed by atoms with Crippen molar-refractivity contribution in [2.24, 2.45) is 0 Å². The molecule has 1 saturated heterocycles. The van der Waals surface area contributed by atoms with Crippen LogP contribution in [0.25, 0.3) is 0 Å². The van der Waals surface area contributed by atoms with Crippen LogP contribution < -0.4 is 10.1 Å². The van der Waals surface area contributed by atoms with Gasteiger partial charge in [0.1, 0.15) is 17.8 Å². The zero-order valence-electron chi connectivity index (χ0n) is 16.4. The van der Waals surface area contributed by atoms with Gasteiger partial charge in [0, 0.05) is 13.1 Å². The van der Waals surface area contributed by atoms with E-state index in [-0.39, 0.29) is 31.5 Å². The summed E-state index contributed by atoms with van der Waals surface area (Å²) in [6, 6.07) is 7.33. The molecule has 1 fully saturated rings. The highest BCUT2D eigenvalue weighted by atomic mass is 19.4. The molecule has 12 heteroatoms. The van der Waals surface area contributed by atoms with Crippen LogP contribution in [0, 0.1) is 22.7 Å². The summed E-state index contributed by atoms with van der Waals surface area (Å²) >= 11 is 0. The fraction of sp³-hybridized carbons (Fsp3) is 0.421. The van der Waals surface area contributed by atoms with Gasteiger partial charge in [0.15, 0.2) is 0 Å². The number of halogens is 3. The number of urea groups is 1. The normalized spacial score (nSPS) is 18.2. The number of rotatable bonds is 8. The molecule has 0 radical (unpaired) electrons. The van der Waals surface area contributed by atoms with E-state index in [4.69, 9.17) is 10.5 Å². The molecule has 1 aromatic rings. The standard InChI is InChI=1S/C19H18F3N5O4/c1-18(13-4-6-14(7-5-13)31-19(20,21)22)16(29)27(17(30)25-18)12-15(28)26(10-2-8-23)11-3-9-24/h4-7H,2-3,10-12H2,1H3,(H,25,30). The number of ether oxygens (including phenoxy) is 1. The Morgan fingerprint density at radius 2 is 1.71 bits per heavy atom. The van der Waals surface area contributed by atoms with E-state index in [2.05, 4.69) is 10.1 Å². The van der Waals surface area contributed by atoms with Crippen LogP contribution in [-0.2, 0) is 15.1 Å². The maximum absolute atomic E-state index is 12.9. The molecule has 0 aromatic heterocycles. The first-order chi connectivity index (χ1) is 14.5. The van der Waals surface area contributed by atoms with Gasteiger partial charge in [-0.2, -0.15) is 10.5 Å². The number of alkyl halides is 3. The average Bonchev–Trinajstić information content (AvgIpc) is 2.91. The zero-order valence-corrected chi connectivity index (χ0v) is 16.4. The van der Waals surface area contributed by atoms with E-state index < -0.39 is 42.0 Å². The number of hydrogen-bond donors (Lipinski definition) is 1. The van der Waals surface area contributed by atoms with E-state index in [0.29, 0.717) is 4.90 Å². The first-order valence-corrected chi connectivity index (χ1v) is 9.04. The predicted molar refractivity (Wildman–Crippen MR) is 97.8 cm³/mol. The number of amides is 4. The quantitative estimate of drug-likeness (QED) is 0.620. The highest BCUT2D eigenvalue weighted by Crippen LogP contribution is 2.31. The fourth-order valence-electron chi connectivity index (χ4n) is 2.99. The number of benzene rings is 1. The van der Waals surface area contributed by atoms with E-state index in [9.17, 15) is 27.6 Å². The van der Waals surface area contributed by atoms with Gasteiger partial charge in [-0.15, -0.1) is 13.2 Å². The minimum absolute atomic E-state index is 0.0153. The van der Waals surface area contributed by atoms with Crippen molar-refractivity contribution >= 4 is 17.8 Å². The number of carbonyl (C=O) groups excluding carboxylic acids is 3. The Kier molecular flexibility index (Phi) is 7.08. The molecule has 0 spiro atoms. The first kappa shape index (κ1) is 23.5. The topological polar surface area (TPSA) is 127 Å². The van der Waals surface area contributed by atoms with Gasteiger partial charge in [0.05, 0.1) is 25.0 Å². The molecular weight excluding hydrogens is 419 g/mol. The van der Waals surface area contributed by atoms with Gasteiger partial charge in [-0.25, -0.2) is 4.79 Å². The molecule has 2 rings (SSSR count). The highest BCUT2D eigenvalue weighted by molar-refractivity contribution is 6.09. The van der Waals surface area contributed by atoms with Crippen LogP contribution in [0.3, 0.4) is 0 Å². The van der Waals surface area contributed by atoms with Gasteiger partial charge in [0.25, 0.3) is 5.91 Å². The Morgan fingerprint density at radius 1 is 1.16 bits per heavy atom. The molecule has 1 unspecified atom stereocenters. The van der Waals surface area contributed by atoms with Crippen molar-refractivity contribution < 1.29 is 32.3 Å². The minimum atomic E-state index is -4.87. The second-order valence-corrected chi connectivity index (χ2v) is 6.72. The largest absolute Gasteiger partial charge is 0.573 e. The second-order valence-electron chi connectivity index (χ2n) is 6.72. The summed E-state index contributed by atoms with van der Waals surface area (Å²) in [5.41, 5.74) is -1.40. The first-order valence-electron chi connectivity index (χ1n) is 9.04.